The first-order valence-electron chi connectivity index (χ1n) is 6.59. The lowest BCUT2D eigenvalue weighted by Gasteiger charge is -2.10. The number of hydrogen-bond acceptors (Lipinski definition) is 4. The lowest BCUT2D eigenvalue weighted by Crippen LogP contribution is -2.15. The summed E-state index contributed by atoms with van der Waals surface area (Å²) in [5.41, 5.74) is 3.29. The summed E-state index contributed by atoms with van der Waals surface area (Å²) in [6.45, 7) is 5.64. The van der Waals surface area contributed by atoms with Crippen molar-refractivity contribution in [1.82, 2.24) is 0 Å². The SMILES string of the molecule is Cc1ccc(NS(=O)(=O)/C(C#N)=C\c2sccc2C)c(C)c1. The van der Waals surface area contributed by atoms with Gasteiger partial charge in [0.25, 0.3) is 10.0 Å². The van der Waals surface area contributed by atoms with Crippen LogP contribution in [-0.2, 0) is 10.0 Å². The van der Waals surface area contributed by atoms with Gasteiger partial charge in [0.1, 0.15) is 6.07 Å². The highest BCUT2D eigenvalue weighted by Crippen LogP contribution is 2.24. The number of aryl methyl sites for hydroxylation is 3. The Morgan fingerprint density at radius 3 is 2.50 bits per heavy atom. The average Bonchev–Trinajstić information content (AvgIpc) is 2.84. The van der Waals surface area contributed by atoms with E-state index in [0.717, 1.165) is 21.6 Å². The van der Waals surface area contributed by atoms with Crippen LogP contribution in [0.2, 0.25) is 0 Å². The van der Waals surface area contributed by atoms with E-state index in [9.17, 15) is 13.7 Å². The molecule has 0 aliphatic heterocycles. The zero-order valence-corrected chi connectivity index (χ0v) is 14.2. The monoisotopic (exact) mass is 332 g/mol. The Morgan fingerprint density at radius 1 is 1.23 bits per heavy atom. The van der Waals surface area contributed by atoms with Crippen LogP contribution >= 0.6 is 11.3 Å². The second-order valence-corrected chi connectivity index (χ2v) is 7.61. The van der Waals surface area contributed by atoms with Crippen molar-refractivity contribution in [3.63, 3.8) is 0 Å². The Kier molecular flexibility index (Phi) is 4.69. The van der Waals surface area contributed by atoms with Gasteiger partial charge in [0, 0.05) is 4.88 Å². The minimum Gasteiger partial charge on any atom is -0.279 e. The molecule has 0 bridgehead atoms. The van der Waals surface area contributed by atoms with Gasteiger partial charge in [0.05, 0.1) is 5.69 Å². The zero-order valence-electron chi connectivity index (χ0n) is 12.5. The molecule has 0 fully saturated rings. The van der Waals surface area contributed by atoms with E-state index in [-0.39, 0.29) is 4.91 Å². The van der Waals surface area contributed by atoms with E-state index in [1.165, 1.54) is 17.4 Å². The second-order valence-electron chi connectivity index (χ2n) is 5.01. The van der Waals surface area contributed by atoms with Gasteiger partial charge in [0.15, 0.2) is 4.91 Å². The minimum absolute atomic E-state index is 0.293. The molecule has 0 atom stereocenters. The van der Waals surface area contributed by atoms with E-state index in [4.69, 9.17) is 0 Å². The fourth-order valence-electron chi connectivity index (χ4n) is 1.95. The molecule has 0 unspecified atom stereocenters. The molecule has 0 aliphatic carbocycles. The van der Waals surface area contributed by atoms with Gasteiger partial charge in [-0.25, -0.2) is 8.42 Å². The number of nitrogens with zero attached hydrogens (tertiary/aromatic N) is 1. The summed E-state index contributed by atoms with van der Waals surface area (Å²) in [4.78, 5) is 0.473. The van der Waals surface area contributed by atoms with Crippen molar-refractivity contribution in [3.8, 4) is 6.07 Å². The van der Waals surface area contributed by atoms with Gasteiger partial charge in [-0.15, -0.1) is 11.3 Å². The van der Waals surface area contributed by atoms with Crippen LogP contribution in [0.25, 0.3) is 6.08 Å². The summed E-state index contributed by atoms with van der Waals surface area (Å²) in [5, 5.41) is 11.1. The highest BCUT2D eigenvalue weighted by Gasteiger charge is 2.19. The third kappa shape index (κ3) is 3.56. The van der Waals surface area contributed by atoms with Gasteiger partial charge in [-0.05, 0) is 55.5 Å². The second kappa shape index (κ2) is 6.34. The minimum atomic E-state index is -3.90. The number of thiophene rings is 1. The number of allylic oxidation sites excluding steroid dienone is 1. The van der Waals surface area contributed by atoms with Crippen LogP contribution in [-0.4, -0.2) is 8.42 Å². The highest BCUT2D eigenvalue weighted by atomic mass is 32.2. The van der Waals surface area contributed by atoms with Crippen molar-refractivity contribution in [1.29, 1.82) is 5.26 Å². The van der Waals surface area contributed by atoms with Crippen molar-refractivity contribution in [3.05, 3.63) is 56.1 Å². The predicted octanol–water partition coefficient (Wildman–Crippen LogP) is 3.98. The summed E-state index contributed by atoms with van der Waals surface area (Å²) in [6, 6.07) is 9.07. The molecule has 0 spiro atoms. The molecule has 1 N–H and O–H groups in total. The summed E-state index contributed by atoms with van der Waals surface area (Å²) >= 11 is 1.40. The van der Waals surface area contributed by atoms with E-state index in [0.29, 0.717) is 5.69 Å². The van der Waals surface area contributed by atoms with Gasteiger partial charge in [0.2, 0.25) is 0 Å². The van der Waals surface area contributed by atoms with E-state index in [1.807, 2.05) is 44.4 Å². The highest BCUT2D eigenvalue weighted by molar-refractivity contribution is 7.97. The van der Waals surface area contributed by atoms with E-state index in [1.54, 1.807) is 12.1 Å². The molecule has 4 nitrogen and oxygen atoms in total. The number of anilines is 1. The van der Waals surface area contributed by atoms with Gasteiger partial charge in [-0.3, -0.25) is 4.72 Å². The number of hydrogen-bond donors (Lipinski definition) is 1. The lowest BCUT2D eigenvalue weighted by atomic mass is 10.1. The lowest BCUT2D eigenvalue weighted by molar-refractivity contribution is 0.608. The quantitative estimate of drug-likeness (QED) is 0.861. The topological polar surface area (TPSA) is 70.0 Å². The molecule has 2 aromatic rings. The van der Waals surface area contributed by atoms with Crippen LogP contribution < -0.4 is 4.72 Å². The maximum Gasteiger partial charge on any atom is 0.272 e. The Balaban J connectivity index is 2.38. The third-order valence-corrected chi connectivity index (χ3v) is 5.43. The van der Waals surface area contributed by atoms with E-state index >= 15 is 0 Å². The first-order chi connectivity index (χ1) is 10.3. The Bertz CT molecular complexity index is 872. The van der Waals surface area contributed by atoms with Gasteiger partial charge in [-0.1, -0.05) is 17.7 Å². The molecule has 0 amide bonds. The number of rotatable bonds is 4. The first-order valence-corrected chi connectivity index (χ1v) is 8.96. The summed E-state index contributed by atoms with van der Waals surface area (Å²) in [6.07, 6.45) is 1.41. The normalized spacial score (nSPS) is 12.0. The van der Waals surface area contributed by atoms with Gasteiger partial charge >= 0.3 is 0 Å². The molecule has 0 saturated carbocycles. The fourth-order valence-corrected chi connectivity index (χ4v) is 3.90. The van der Waals surface area contributed by atoms with Crippen LogP contribution in [0, 0.1) is 32.1 Å². The molecule has 1 aromatic heterocycles. The van der Waals surface area contributed by atoms with Crippen molar-refractivity contribution >= 4 is 33.1 Å². The van der Waals surface area contributed by atoms with E-state index < -0.39 is 10.0 Å². The molecule has 114 valence electrons. The molecule has 22 heavy (non-hydrogen) atoms. The van der Waals surface area contributed by atoms with Crippen molar-refractivity contribution in [2.45, 2.75) is 20.8 Å². The molecule has 1 aromatic carbocycles. The van der Waals surface area contributed by atoms with Crippen molar-refractivity contribution < 1.29 is 8.42 Å². The maximum absolute atomic E-state index is 12.4. The van der Waals surface area contributed by atoms with Crippen molar-refractivity contribution in [2.24, 2.45) is 0 Å². The van der Waals surface area contributed by atoms with E-state index in [2.05, 4.69) is 4.72 Å². The molecule has 6 heteroatoms. The molecule has 0 saturated heterocycles. The van der Waals surface area contributed by atoms with Crippen LogP contribution in [0.1, 0.15) is 21.6 Å². The molecular weight excluding hydrogens is 316 g/mol. The number of nitrogens with one attached hydrogen (secondary N) is 1. The zero-order chi connectivity index (χ0) is 16.3. The average molecular weight is 332 g/mol. The molecule has 1 heterocycles. The Hall–Kier alpha value is -2.10. The standard InChI is InChI=1S/C16H16N2O2S2/c1-11-4-5-15(13(3)8-11)18-22(19,20)14(10-17)9-16-12(2)6-7-21-16/h4-9,18H,1-3H3/b14-9-. The first kappa shape index (κ1) is 16.3. The molecular formula is C16H16N2O2S2. The molecule has 0 radical (unpaired) electrons. The number of benzene rings is 1. The fraction of sp³-hybridized carbons (Fsp3) is 0.188. The molecule has 0 aliphatic rings. The number of sulfonamides is 1. The van der Waals surface area contributed by atoms with Gasteiger partial charge < -0.3 is 0 Å². The van der Waals surface area contributed by atoms with Gasteiger partial charge in [-0.2, -0.15) is 5.26 Å². The summed E-state index contributed by atoms with van der Waals surface area (Å²) < 4.78 is 27.3. The summed E-state index contributed by atoms with van der Waals surface area (Å²) in [5.74, 6) is 0. The Morgan fingerprint density at radius 2 is 1.95 bits per heavy atom. The van der Waals surface area contributed by atoms with Crippen LogP contribution in [0.3, 0.4) is 0 Å². The molecule has 2 rings (SSSR count). The van der Waals surface area contributed by atoms with Crippen LogP contribution in [0.5, 0.6) is 0 Å². The largest absolute Gasteiger partial charge is 0.279 e. The summed E-state index contributed by atoms with van der Waals surface area (Å²) in [7, 11) is -3.90. The smallest absolute Gasteiger partial charge is 0.272 e. The number of nitriles is 1. The van der Waals surface area contributed by atoms with Crippen LogP contribution in [0.15, 0.2) is 34.6 Å². The predicted molar refractivity (Wildman–Crippen MR) is 91.1 cm³/mol. The van der Waals surface area contributed by atoms with Crippen molar-refractivity contribution in [2.75, 3.05) is 4.72 Å². The third-order valence-electron chi connectivity index (χ3n) is 3.19. The Labute approximate surface area is 134 Å². The maximum atomic E-state index is 12.4. The van der Waals surface area contributed by atoms with Crippen LogP contribution in [0.4, 0.5) is 5.69 Å².